The van der Waals surface area contributed by atoms with Gasteiger partial charge in [-0.25, -0.2) is 13.1 Å². The topological polar surface area (TPSA) is 67.4 Å². The first-order valence-corrected chi connectivity index (χ1v) is 9.23. The molecule has 1 aliphatic carbocycles. The van der Waals surface area contributed by atoms with Crippen molar-refractivity contribution < 1.29 is 13.2 Å². The Balaban J connectivity index is 1.94. The van der Waals surface area contributed by atoms with Crippen molar-refractivity contribution in [2.75, 3.05) is 19.8 Å². The van der Waals surface area contributed by atoms with Crippen LogP contribution in [0.5, 0.6) is 0 Å². The molecule has 2 N–H and O–H groups in total. The van der Waals surface area contributed by atoms with Crippen LogP contribution in [-0.2, 0) is 21.3 Å². The molecule has 1 aliphatic rings. The first-order valence-electron chi connectivity index (χ1n) is 6.93. The molecule has 0 aliphatic heterocycles. The maximum Gasteiger partial charge on any atom is 0.250 e. The van der Waals surface area contributed by atoms with E-state index in [1.165, 1.54) is 24.2 Å². The lowest BCUT2D eigenvalue weighted by atomic mass is 10.3. The van der Waals surface area contributed by atoms with E-state index in [0.717, 1.165) is 17.0 Å². The minimum absolute atomic E-state index is 0.308. The van der Waals surface area contributed by atoms with Crippen LogP contribution >= 0.6 is 11.3 Å². The number of nitrogens with one attached hydrogen (secondary N) is 2. The van der Waals surface area contributed by atoms with Gasteiger partial charge < -0.3 is 10.1 Å². The fraction of sp³-hybridized carbons (Fsp3) is 0.692. The molecule has 20 heavy (non-hydrogen) atoms. The second-order valence-electron chi connectivity index (χ2n) is 4.92. The van der Waals surface area contributed by atoms with Crippen LogP contribution in [0.25, 0.3) is 0 Å². The van der Waals surface area contributed by atoms with Gasteiger partial charge in [-0.1, -0.05) is 0 Å². The Labute approximate surface area is 124 Å². The monoisotopic (exact) mass is 318 g/mol. The van der Waals surface area contributed by atoms with Crippen LogP contribution < -0.4 is 10.0 Å². The first kappa shape index (κ1) is 15.9. The lowest BCUT2D eigenvalue weighted by molar-refractivity contribution is 0.153. The van der Waals surface area contributed by atoms with E-state index in [-0.39, 0.29) is 0 Å². The molecule has 1 aromatic rings. The Morgan fingerprint density at radius 2 is 2.20 bits per heavy atom. The molecule has 0 radical (unpaired) electrons. The van der Waals surface area contributed by atoms with Gasteiger partial charge in [-0.05, 0) is 38.3 Å². The molecule has 5 nitrogen and oxygen atoms in total. The minimum atomic E-state index is -3.40. The standard InChI is InChI=1S/C13H22N2O3S2/c1-3-18-7-6-15-20(16,17)13-8-10(2)12(19-13)9-14-11-4-5-11/h8,11,14-15H,3-7,9H2,1-2H3. The molecule has 0 bridgehead atoms. The average molecular weight is 318 g/mol. The van der Waals surface area contributed by atoms with Crippen LogP contribution in [0, 0.1) is 6.92 Å². The zero-order valence-corrected chi connectivity index (χ0v) is 13.6. The van der Waals surface area contributed by atoms with Gasteiger partial charge in [-0.15, -0.1) is 11.3 Å². The lowest BCUT2D eigenvalue weighted by Gasteiger charge is -2.04. The molecule has 0 unspecified atom stereocenters. The molecule has 0 aromatic carbocycles. The van der Waals surface area contributed by atoms with E-state index in [1.807, 2.05) is 13.8 Å². The highest BCUT2D eigenvalue weighted by Gasteiger charge is 2.22. The van der Waals surface area contributed by atoms with Crippen molar-refractivity contribution >= 4 is 21.4 Å². The fourth-order valence-electron chi connectivity index (χ4n) is 1.78. The summed E-state index contributed by atoms with van der Waals surface area (Å²) >= 11 is 1.35. The molecular formula is C13H22N2O3S2. The number of thiophene rings is 1. The zero-order valence-electron chi connectivity index (χ0n) is 11.9. The molecular weight excluding hydrogens is 296 g/mol. The number of hydrogen-bond acceptors (Lipinski definition) is 5. The third-order valence-corrected chi connectivity index (χ3v) is 6.31. The largest absolute Gasteiger partial charge is 0.380 e. The van der Waals surface area contributed by atoms with Crippen molar-refractivity contribution in [3.8, 4) is 0 Å². The van der Waals surface area contributed by atoms with Crippen molar-refractivity contribution in [3.63, 3.8) is 0 Å². The number of ether oxygens (including phenoxy) is 1. The summed E-state index contributed by atoms with van der Waals surface area (Å²) in [5.74, 6) is 0. The first-order chi connectivity index (χ1) is 9.53. The Kier molecular flexibility index (Phi) is 5.57. The van der Waals surface area contributed by atoms with Crippen LogP contribution in [0.4, 0.5) is 0 Å². The highest BCUT2D eigenvalue weighted by Crippen LogP contribution is 2.27. The van der Waals surface area contributed by atoms with E-state index in [4.69, 9.17) is 4.74 Å². The van der Waals surface area contributed by atoms with Gasteiger partial charge in [0.05, 0.1) is 6.61 Å². The summed E-state index contributed by atoms with van der Waals surface area (Å²) in [7, 11) is -3.40. The van der Waals surface area contributed by atoms with E-state index >= 15 is 0 Å². The van der Waals surface area contributed by atoms with Crippen molar-refractivity contribution in [2.45, 2.75) is 43.5 Å². The minimum Gasteiger partial charge on any atom is -0.380 e. The molecule has 1 saturated carbocycles. The van der Waals surface area contributed by atoms with E-state index < -0.39 is 10.0 Å². The van der Waals surface area contributed by atoms with Crippen LogP contribution in [0.3, 0.4) is 0 Å². The quantitative estimate of drug-likeness (QED) is 0.679. The number of hydrogen-bond donors (Lipinski definition) is 2. The van der Waals surface area contributed by atoms with Crippen molar-refractivity contribution in [3.05, 3.63) is 16.5 Å². The van der Waals surface area contributed by atoms with Gasteiger partial charge in [0.2, 0.25) is 10.0 Å². The lowest BCUT2D eigenvalue weighted by Crippen LogP contribution is -2.26. The molecule has 1 heterocycles. The number of sulfonamides is 1. The maximum atomic E-state index is 12.1. The Morgan fingerprint density at radius 1 is 1.45 bits per heavy atom. The highest BCUT2D eigenvalue weighted by atomic mass is 32.2. The molecule has 1 aromatic heterocycles. The Hall–Kier alpha value is -0.470. The highest BCUT2D eigenvalue weighted by molar-refractivity contribution is 7.91. The molecule has 0 amide bonds. The van der Waals surface area contributed by atoms with Crippen molar-refractivity contribution in [1.82, 2.24) is 10.0 Å². The summed E-state index contributed by atoms with van der Waals surface area (Å²) in [4.78, 5) is 1.10. The molecule has 114 valence electrons. The fourth-order valence-corrected chi connectivity index (χ4v) is 4.38. The molecule has 0 atom stereocenters. The Morgan fingerprint density at radius 3 is 2.85 bits per heavy atom. The summed E-state index contributed by atoms with van der Waals surface area (Å²) in [6, 6.07) is 2.37. The SMILES string of the molecule is CCOCCNS(=O)(=O)c1cc(C)c(CNC2CC2)s1. The molecule has 2 rings (SSSR count). The smallest absolute Gasteiger partial charge is 0.250 e. The molecule has 7 heteroatoms. The summed E-state index contributed by atoms with van der Waals surface area (Å²) in [6.45, 7) is 5.90. The summed E-state index contributed by atoms with van der Waals surface area (Å²) in [6.07, 6.45) is 2.46. The number of aryl methyl sites for hydroxylation is 1. The summed E-state index contributed by atoms with van der Waals surface area (Å²) in [5, 5.41) is 3.41. The van der Waals surface area contributed by atoms with E-state index in [2.05, 4.69) is 10.0 Å². The zero-order chi connectivity index (χ0) is 14.6. The van der Waals surface area contributed by atoms with Crippen LogP contribution in [-0.4, -0.2) is 34.2 Å². The average Bonchev–Trinajstić information content (AvgIpc) is 3.15. The van der Waals surface area contributed by atoms with Gasteiger partial charge >= 0.3 is 0 Å². The predicted octanol–water partition coefficient (Wildman–Crippen LogP) is 1.62. The third-order valence-electron chi connectivity index (χ3n) is 3.13. The van der Waals surface area contributed by atoms with Gasteiger partial charge in [0.1, 0.15) is 4.21 Å². The molecule has 1 fully saturated rings. The van der Waals surface area contributed by atoms with Gasteiger partial charge in [0.25, 0.3) is 0 Å². The maximum absolute atomic E-state index is 12.1. The van der Waals surface area contributed by atoms with Crippen LogP contribution in [0.2, 0.25) is 0 Å². The van der Waals surface area contributed by atoms with Gasteiger partial charge in [-0.2, -0.15) is 0 Å². The van der Waals surface area contributed by atoms with Crippen molar-refractivity contribution in [1.29, 1.82) is 0 Å². The molecule has 0 spiro atoms. The van der Waals surface area contributed by atoms with Crippen molar-refractivity contribution in [2.24, 2.45) is 0 Å². The van der Waals surface area contributed by atoms with Gasteiger partial charge in [0.15, 0.2) is 0 Å². The second-order valence-corrected chi connectivity index (χ2v) is 8.05. The Bertz CT molecular complexity index is 536. The normalized spacial score (nSPS) is 15.7. The van der Waals surface area contributed by atoms with Gasteiger partial charge in [0, 0.05) is 30.6 Å². The van der Waals surface area contributed by atoms with E-state index in [9.17, 15) is 8.42 Å². The van der Waals surface area contributed by atoms with Crippen LogP contribution in [0.1, 0.15) is 30.2 Å². The van der Waals surface area contributed by atoms with Gasteiger partial charge in [-0.3, -0.25) is 0 Å². The number of rotatable bonds is 9. The predicted molar refractivity (Wildman–Crippen MR) is 80.6 cm³/mol. The third kappa shape index (κ3) is 4.53. The van der Waals surface area contributed by atoms with Crippen LogP contribution in [0.15, 0.2) is 10.3 Å². The van der Waals surface area contributed by atoms with E-state index in [0.29, 0.717) is 30.0 Å². The summed E-state index contributed by atoms with van der Waals surface area (Å²) in [5.41, 5.74) is 1.04. The molecule has 0 saturated heterocycles. The van der Waals surface area contributed by atoms with E-state index in [1.54, 1.807) is 6.07 Å². The summed E-state index contributed by atoms with van der Waals surface area (Å²) < 4.78 is 32.4. The second kappa shape index (κ2) is 7.00.